The predicted octanol–water partition coefficient (Wildman–Crippen LogP) is 3.55. The highest BCUT2D eigenvalue weighted by molar-refractivity contribution is 4.75. The van der Waals surface area contributed by atoms with E-state index in [1.807, 2.05) is 0 Å². The van der Waals surface area contributed by atoms with Crippen LogP contribution in [0.2, 0.25) is 0 Å². The summed E-state index contributed by atoms with van der Waals surface area (Å²) in [5.41, 5.74) is 0. The zero-order valence-corrected chi connectivity index (χ0v) is 9.94. The molecule has 0 bridgehead atoms. The van der Waals surface area contributed by atoms with Gasteiger partial charge in [0.05, 0.1) is 6.10 Å². The van der Waals surface area contributed by atoms with Gasteiger partial charge in [-0.2, -0.15) is 22.0 Å². The van der Waals surface area contributed by atoms with E-state index in [4.69, 9.17) is 9.47 Å². The second-order valence-electron chi connectivity index (χ2n) is 4.34. The van der Waals surface area contributed by atoms with E-state index >= 15 is 0 Å². The quantitative estimate of drug-likeness (QED) is 0.523. The molecule has 1 aliphatic rings. The topological polar surface area (TPSA) is 18.5 Å². The molecule has 0 amide bonds. The molecule has 1 saturated heterocycles. The first-order valence-corrected chi connectivity index (χ1v) is 5.97. The van der Waals surface area contributed by atoms with Gasteiger partial charge < -0.3 is 9.47 Å². The van der Waals surface area contributed by atoms with Crippen LogP contribution in [0.25, 0.3) is 0 Å². The van der Waals surface area contributed by atoms with E-state index in [0.717, 1.165) is 19.4 Å². The molecule has 1 aliphatic heterocycles. The lowest BCUT2D eigenvalue weighted by Crippen LogP contribution is -2.36. The molecule has 0 aromatic rings. The molecule has 108 valence electrons. The lowest BCUT2D eigenvalue weighted by Gasteiger charge is -2.19. The highest BCUT2D eigenvalue weighted by atomic mass is 19.4. The number of ether oxygens (including phenoxy) is 2. The van der Waals surface area contributed by atoms with Gasteiger partial charge in [0.25, 0.3) is 0 Å². The fraction of sp³-hybridized carbons (Fsp3) is 1.00. The first-order chi connectivity index (χ1) is 8.33. The van der Waals surface area contributed by atoms with Crippen LogP contribution in [0.3, 0.4) is 0 Å². The molecule has 0 aromatic carbocycles. The first kappa shape index (κ1) is 15.6. The van der Waals surface area contributed by atoms with Crippen LogP contribution in [0.4, 0.5) is 22.0 Å². The SMILES string of the molecule is FC(F)(F)C(F)(F)CCCOCCC1CCCO1. The van der Waals surface area contributed by atoms with Crippen molar-refractivity contribution >= 4 is 0 Å². The summed E-state index contributed by atoms with van der Waals surface area (Å²) in [6.45, 7) is 0.975. The van der Waals surface area contributed by atoms with Crippen LogP contribution in [-0.4, -0.2) is 38.0 Å². The number of hydrogen-bond acceptors (Lipinski definition) is 2. The molecule has 7 heteroatoms. The van der Waals surface area contributed by atoms with Crippen LogP contribution >= 0.6 is 0 Å². The molecule has 1 unspecified atom stereocenters. The lowest BCUT2D eigenvalue weighted by molar-refractivity contribution is -0.285. The average molecular weight is 276 g/mol. The van der Waals surface area contributed by atoms with Crippen molar-refractivity contribution in [3.05, 3.63) is 0 Å². The van der Waals surface area contributed by atoms with Gasteiger partial charge in [-0.05, 0) is 25.7 Å². The average Bonchev–Trinajstić information content (AvgIpc) is 2.74. The van der Waals surface area contributed by atoms with Gasteiger partial charge in [-0.25, -0.2) is 0 Å². The highest BCUT2D eigenvalue weighted by Crippen LogP contribution is 2.38. The normalized spacial score (nSPS) is 21.5. The molecule has 1 heterocycles. The molecule has 2 nitrogen and oxygen atoms in total. The summed E-state index contributed by atoms with van der Waals surface area (Å²) in [4.78, 5) is 0. The molecular formula is C11H17F5O2. The third-order valence-electron chi connectivity index (χ3n) is 2.80. The van der Waals surface area contributed by atoms with Gasteiger partial charge in [0.2, 0.25) is 0 Å². The fourth-order valence-electron chi connectivity index (χ4n) is 1.73. The zero-order chi connectivity index (χ0) is 13.6. The molecule has 0 saturated carbocycles. The van der Waals surface area contributed by atoms with Crippen LogP contribution in [-0.2, 0) is 9.47 Å². The second kappa shape index (κ2) is 6.65. The standard InChI is InChI=1S/C11H17F5O2/c12-10(13,11(14,15)16)5-2-6-17-8-4-9-3-1-7-18-9/h9H,1-8H2. The van der Waals surface area contributed by atoms with E-state index in [0.29, 0.717) is 13.0 Å². The molecule has 18 heavy (non-hydrogen) atoms. The number of rotatable bonds is 7. The van der Waals surface area contributed by atoms with Crippen LogP contribution in [0.1, 0.15) is 32.1 Å². The molecular weight excluding hydrogens is 259 g/mol. The Morgan fingerprint density at radius 2 is 1.83 bits per heavy atom. The Morgan fingerprint density at radius 1 is 1.11 bits per heavy atom. The third-order valence-corrected chi connectivity index (χ3v) is 2.80. The summed E-state index contributed by atoms with van der Waals surface area (Å²) < 4.78 is 70.7. The predicted molar refractivity (Wildman–Crippen MR) is 54.6 cm³/mol. The van der Waals surface area contributed by atoms with E-state index in [-0.39, 0.29) is 19.1 Å². The van der Waals surface area contributed by atoms with E-state index < -0.39 is 18.5 Å². The van der Waals surface area contributed by atoms with Crippen molar-refractivity contribution in [3.8, 4) is 0 Å². The number of alkyl halides is 5. The monoisotopic (exact) mass is 276 g/mol. The summed E-state index contributed by atoms with van der Waals surface area (Å²) in [5, 5.41) is 0. The largest absolute Gasteiger partial charge is 0.453 e. The van der Waals surface area contributed by atoms with E-state index in [1.165, 1.54) is 0 Å². The second-order valence-corrected chi connectivity index (χ2v) is 4.34. The Kier molecular flexibility index (Phi) is 5.78. The van der Waals surface area contributed by atoms with Crippen molar-refractivity contribution < 1.29 is 31.4 Å². The summed E-state index contributed by atoms with van der Waals surface area (Å²) >= 11 is 0. The van der Waals surface area contributed by atoms with Crippen molar-refractivity contribution in [2.75, 3.05) is 19.8 Å². The van der Waals surface area contributed by atoms with Crippen molar-refractivity contribution in [3.63, 3.8) is 0 Å². The summed E-state index contributed by atoms with van der Waals surface area (Å²) in [6, 6.07) is 0. The molecule has 0 radical (unpaired) electrons. The zero-order valence-electron chi connectivity index (χ0n) is 9.94. The molecule has 0 N–H and O–H groups in total. The van der Waals surface area contributed by atoms with Gasteiger partial charge in [0.1, 0.15) is 0 Å². The molecule has 1 atom stereocenters. The maximum atomic E-state index is 12.5. The van der Waals surface area contributed by atoms with Crippen molar-refractivity contribution in [2.24, 2.45) is 0 Å². The van der Waals surface area contributed by atoms with Gasteiger partial charge in [0, 0.05) is 26.2 Å². The Balaban J connectivity index is 2.01. The minimum Gasteiger partial charge on any atom is -0.381 e. The Hall–Kier alpha value is -0.430. The summed E-state index contributed by atoms with van der Waals surface area (Å²) in [5.74, 6) is -4.62. The van der Waals surface area contributed by atoms with Crippen molar-refractivity contribution in [1.82, 2.24) is 0 Å². The van der Waals surface area contributed by atoms with E-state index in [9.17, 15) is 22.0 Å². The first-order valence-electron chi connectivity index (χ1n) is 5.97. The van der Waals surface area contributed by atoms with Gasteiger partial charge in [-0.3, -0.25) is 0 Å². The van der Waals surface area contributed by atoms with E-state index in [1.54, 1.807) is 0 Å². The third kappa shape index (κ3) is 5.06. The van der Waals surface area contributed by atoms with Crippen molar-refractivity contribution in [2.45, 2.75) is 50.3 Å². The van der Waals surface area contributed by atoms with Gasteiger partial charge >= 0.3 is 12.1 Å². The van der Waals surface area contributed by atoms with Crippen LogP contribution in [0.5, 0.6) is 0 Å². The minimum absolute atomic E-state index is 0.0849. The Labute approximate surface area is 102 Å². The summed E-state index contributed by atoms with van der Waals surface area (Å²) in [6.07, 6.45) is -4.24. The van der Waals surface area contributed by atoms with Crippen LogP contribution in [0.15, 0.2) is 0 Å². The van der Waals surface area contributed by atoms with Crippen molar-refractivity contribution in [1.29, 1.82) is 0 Å². The summed E-state index contributed by atoms with van der Waals surface area (Å²) in [7, 11) is 0. The van der Waals surface area contributed by atoms with E-state index in [2.05, 4.69) is 0 Å². The van der Waals surface area contributed by atoms with Crippen LogP contribution in [0, 0.1) is 0 Å². The highest BCUT2D eigenvalue weighted by Gasteiger charge is 2.56. The minimum atomic E-state index is -5.47. The molecule has 0 aliphatic carbocycles. The van der Waals surface area contributed by atoms with Gasteiger partial charge in [-0.1, -0.05) is 0 Å². The lowest BCUT2D eigenvalue weighted by atomic mass is 10.2. The maximum absolute atomic E-state index is 12.5. The van der Waals surface area contributed by atoms with Gasteiger partial charge in [0.15, 0.2) is 0 Å². The van der Waals surface area contributed by atoms with Crippen LogP contribution < -0.4 is 0 Å². The number of halogens is 5. The Bertz CT molecular complexity index is 236. The number of hydrogen-bond donors (Lipinski definition) is 0. The molecule has 1 rings (SSSR count). The maximum Gasteiger partial charge on any atom is 0.453 e. The Morgan fingerprint density at radius 3 is 2.39 bits per heavy atom. The fourth-order valence-corrected chi connectivity index (χ4v) is 1.73. The molecule has 0 aromatic heterocycles. The van der Waals surface area contributed by atoms with Gasteiger partial charge in [-0.15, -0.1) is 0 Å². The molecule has 1 fully saturated rings. The molecule has 0 spiro atoms. The smallest absolute Gasteiger partial charge is 0.381 e.